The third-order valence-corrected chi connectivity index (χ3v) is 8.71. The molecule has 0 amide bonds. The molecular formula is C34H63I3O22. The normalized spacial score (nSPS) is 29.8. The minimum atomic E-state index is -1.17. The van der Waals surface area contributed by atoms with Crippen LogP contribution < -0.4 is 0 Å². The van der Waals surface area contributed by atoms with Gasteiger partial charge in [0.1, 0.15) is 61.0 Å². The van der Waals surface area contributed by atoms with Crippen LogP contribution >= 0.6 is 61.2 Å². The first-order chi connectivity index (χ1) is 27.8. The van der Waals surface area contributed by atoms with Crippen LogP contribution in [0.15, 0.2) is 11.6 Å². The minimum Gasteiger partial charge on any atom is -0.394 e. The molecule has 0 radical (unpaired) electrons. The number of aliphatic hydroxyl groups excluding tert-OH is 7. The molecular weight excluding hydrogens is 1140 g/mol. The van der Waals surface area contributed by atoms with Crippen molar-refractivity contribution in [3.05, 3.63) is 11.6 Å². The molecule has 0 aromatic carbocycles. The van der Waals surface area contributed by atoms with E-state index < -0.39 is 111 Å². The molecule has 25 heteroatoms. The van der Waals surface area contributed by atoms with E-state index in [2.05, 4.69) is 42.0 Å². The predicted molar refractivity (Wildman–Crippen MR) is 231 cm³/mol. The molecule has 2 aliphatic heterocycles. The fourth-order valence-electron chi connectivity index (χ4n) is 5.70. The molecule has 2 fully saturated rings. The zero-order valence-electron chi connectivity index (χ0n) is 34.3. The Morgan fingerprint density at radius 2 is 1.00 bits per heavy atom. The van der Waals surface area contributed by atoms with E-state index in [1.807, 2.05) is 0 Å². The largest absolute Gasteiger partial charge is 0.394 e. The van der Waals surface area contributed by atoms with Gasteiger partial charge < -0.3 is 97.4 Å². The van der Waals surface area contributed by atoms with E-state index in [9.17, 15) is 39.9 Å². The molecule has 352 valence electrons. The van der Waals surface area contributed by atoms with Crippen LogP contribution in [0.2, 0.25) is 0 Å². The number of aliphatic hydroxyl groups is 7. The monoisotopic (exact) mass is 1200 g/mol. The Morgan fingerprint density at radius 1 is 0.593 bits per heavy atom. The van der Waals surface area contributed by atoms with Crippen LogP contribution in [-0.2, 0) is 71.2 Å². The van der Waals surface area contributed by atoms with Gasteiger partial charge in [0.25, 0.3) is 0 Å². The van der Waals surface area contributed by atoms with Gasteiger partial charge in [0.15, 0.2) is 31.4 Å². The van der Waals surface area contributed by atoms with Gasteiger partial charge in [0.05, 0.1) is 32.5 Å². The number of aldehydes is 3. The molecule has 2 aliphatic rings. The van der Waals surface area contributed by atoms with Crippen molar-refractivity contribution in [2.45, 2.75) is 99.2 Å². The lowest BCUT2D eigenvalue weighted by Gasteiger charge is -2.44. The molecule has 2 heterocycles. The second-order valence-corrected chi connectivity index (χ2v) is 12.0. The number of methoxy groups -OCH3 is 8. The quantitative estimate of drug-likeness (QED) is 0.0254. The molecule has 16 unspecified atom stereocenters. The molecule has 0 spiro atoms. The number of hydrogen-bond donors (Lipinski definition) is 7. The van der Waals surface area contributed by atoms with E-state index in [0.29, 0.717) is 24.4 Å². The van der Waals surface area contributed by atoms with Gasteiger partial charge in [-0.05, 0) is 6.92 Å². The summed E-state index contributed by atoms with van der Waals surface area (Å²) in [4.78, 5) is 31.7. The Kier molecular flexibility index (Phi) is 40.4. The first kappa shape index (κ1) is 63.5. The number of ether oxygens (including phenoxy) is 12. The molecule has 7 N–H and O–H groups in total. The molecule has 0 aromatic rings. The van der Waals surface area contributed by atoms with Gasteiger partial charge in [0.2, 0.25) is 12.6 Å². The van der Waals surface area contributed by atoms with Crippen LogP contribution in [0, 0.1) is 5.92 Å². The summed E-state index contributed by atoms with van der Waals surface area (Å²) >= 11 is 4.24. The van der Waals surface area contributed by atoms with Gasteiger partial charge in [-0.25, -0.2) is 0 Å². The van der Waals surface area contributed by atoms with Gasteiger partial charge in [-0.3, -0.25) is 9.59 Å². The van der Waals surface area contributed by atoms with E-state index in [-0.39, 0.29) is 37.2 Å². The zero-order valence-corrected chi connectivity index (χ0v) is 40.9. The maximum absolute atomic E-state index is 10.9. The van der Waals surface area contributed by atoms with Crippen LogP contribution in [0.1, 0.15) is 6.92 Å². The minimum absolute atomic E-state index is 0. The summed E-state index contributed by atoms with van der Waals surface area (Å²) in [5.74, 6) is -0.581. The molecule has 2 rings (SSSR count). The van der Waals surface area contributed by atoms with Crippen molar-refractivity contribution in [3.63, 3.8) is 0 Å². The van der Waals surface area contributed by atoms with Crippen molar-refractivity contribution in [3.8, 4) is 0 Å². The Bertz CT molecular complexity index is 1080. The summed E-state index contributed by atoms with van der Waals surface area (Å²) in [5, 5.41) is 66.8. The number of hydrogen-bond acceptors (Lipinski definition) is 22. The van der Waals surface area contributed by atoms with Crippen molar-refractivity contribution in [2.24, 2.45) is 5.92 Å². The van der Waals surface area contributed by atoms with Crippen LogP contribution in [0.3, 0.4) is 0 Å². The molecule has 0 saturated carbocycles. The fraction of sp³-hybridized carbons (Fsp3) is 0.853. The number of rotatable bonds is 23. The third-order valence-electron chi connectivity index (χ3n) is 8.71. The lowest BCUT2D eigenvalue weighted by atomic mass is 9.82. The molecule has 59 heavy (non-hydrogen) atoms. The van der Waals surface area contributed by atoms with Crippen molar-refractivity contribution in [1.82, 2.24) is 0 Å². The SMILES string of the molecule is COC(C=O)OC(CO)C(/C=C(/C)C1C(O)C(OC)OC(CO)C1OC)OC.COC(C=O)OC(CO)C(C=O)OC.COC1OC(CO)C(OC)C(O)C1O.I.II. The Labute approximate surface area is 384 Å². The molecule has 22 nitrogen and oxygen atoms in total. The molecule has 0 bridgehead atoms. The molecule has 2 saturated heterocycles. The first-order valence-electron chi connectivity index (χ1n) is 17.3. The fourth-order valence-corrected chi connectivity index (χ4v) is 5.70. The third kappa shape index (κ3) is 20.7. The van der Waals surface area contributed by atoms with Crippen LogP contribution in [0.4, 0.5) is 0 Å². The number of carbonyl (C=O) groups is 3. The summed E-state index contributed by atoms with van der Waals surface area (Å²) in [6.45, 7) is 0.257. The highest BCUT2D eigenvalue weighted by Gasteiger charge is 2.47. The average Bonchev–Trinajstić information content (AvgIpc) is 3.26. The van der Waals surface area contributed by atoms with Gasteiger partial charge in [-0.15, -0.1) is 24.0 Å². The highest BCUT2D eigenvalue weighted by molar-refractivity contribution is 15.0. The topological polar surface area (TPSA) is 304 Å². The lowest BCUT2D eigenvalue weighted by molar-refractivity contribution is -0.298. The Hall–Kier alpha value is 0.180. The number of halogens is 3. The lowest BCUT2D eigenvalue weighted by Crippen LogP contribution is -2.59. The number of carbonyl (C=O) groups excluding carboxylic acids is 3. The maximum atomic E-state index is 10.9. The van der Waals surface area contributed by atoms with E-state index >= 15 is 0 Å². The van der Waals surface area contributed by atoms with Gasteiger partial charge >= 0.3 is 0 Å². The van der Waals surface area contributed by atoms with E-state index in [1.54, 1.807) is 13.0 Å². The van der Waals surface area contributed by atoms with E-state index in [0.717, 1.165) is 0 Å². The summed E-state index contributed by atoms with van der Waals surface area (Å²) in [6.07, 6.45) is -10.7. The molecule has 0 aliphatic carbocycles. The first-order valence-corrected chi connectivity index (χ1v) is 23.6. The molecule has 0 aromatic heterocycles. The predicted octanol–water partition coefficient (Wildman–Crippen LogP) is -1.92. The van der Waals surface area contributed by atoms with Gasteiger partial charge in [-0.2, -0.15) is 0 Å². The maximum Gasteiger partial charge on any atom is 0.214 e. The van der Waals surface area contributed by atoms with Crippen molar-refractivity contribution < 1.29 is 107 Å². The summed E-state index contributed by atoms with van der Waals surface area (Å²) in [5.41, 5.74) is 0.650. The van der Waals surface area contributed by atoms with Crippen LogP contribution in [0.25, 0.3) is 0 Å². The second kappa shape index (κ2) is 37.5. The summed E-state index contributed by atoms with van der Waals surface area (Å²) < 4.78 is 61.0. The highest BCUT2D eigenvalue weighted by atomic mass is 128. The zero-order chi connectivity index (χ0) is 45.0. The van der Waals surface area contributed by atoms with Crippen molar-refractivity contribution in [1.29, 1.82) is 0 Å². The van der Waals surface area contributed by atoms with E-state index in [4.69, 9.17) is 62.3 Å². The van der Waals surface area contributed by atoms with E-state index in [1.165, 1.54) is 56.9 Å². The van der Waals surface area contributed by atoms with Crippen LogP contribution in [0.5, 0.6) is 0 Å². The van der Waals surface area contributed by atoms with Gasteiger partial charge in [-0.1, -0.05) is 11.6 Å². The van der Waals surface area contributed by atoms with Gasteiger partial charge in [0, 0.05) is 100 Å². The summed E-state index contributed by atoms with van der Waals surface area (Å²) in [7, 11) is 10.9. The summed E-state index contributed by atoms with van der Waals surface area (Å²) in [6, 6.07) is 0. The Morgan fingerprint density at radius 3 is 1.32 bits per heavy atom. The second-order valence-electron chi connectivity index (χ2n) is 12.0. The molecule has 16 atom stereocenters. The highest BCUT2D eigenvalue weighted by Crippen LogP contribution is 2.34. The standard InChI is InChI=1S/C18H32O10.C8H16O6.C8H14O6.I2.HI/c1-10(6-11(23-2)12(7-19)27-14(9-21)24-3)15-16(22)18(26-5)28-13(8-20)17(15)25-4;1-12-7-4(3-9)14-8(13-2)6(11)5(7)10;1-12-6(3-9)7(4-10)14-8(5-11)13-2;1-2;/h6,9,11-20,22H,7-8H2,1-5H3;4-11H,3H2,1-2H3;3,5-8,10H,4H2,1-2H3;;1H/b10-6-;;;;. The Balaban J connectivity index is -0.000000852. The smallest absolute Gasteiger partial charge is 0.214 e. The van der Waals surface area contributed by atoms with Crippen molar-refractivity contribution in [2.75, 3.05) is 83.3 Å². The van der Waals surface area contributed by atoms with Crippen molar-refractivity contribution >= 4 is 80.1 Å². The average molecular weight is 1200 g/mol. The van der Waals surface area contributed by atoms with Crippen LogP contribution in [-0.4, -0.2) is 230 Å².